The smallest absolute Gasteiger partial charge is 0.112 e. The molecule has 0 aromatic heterocycles. The predicted molar refractivity (Wildman–Crippen MR) is 54.4 cm³/mol. The Bertz CT molecular complexity index is 149. The molecule has 2 N–H and O–H groups in total. The van der Waals surface area contributed by atoms with Gasteiger partial charge in [-0.25, -0.2) is 4.39 Å². The Morgan fingerprint density at radius 1 is 1.46 bits per heavy atom. The molecule has 2 heteroatoms. The van der Waals surface area contributed by atoms with E-state index in [-0.39, 0.29) is 6.04 Å². The van der Waals surface area contributed by atoms with Crippen molar-refractivity contribution in [2.75, 3.05) is 0 Å². The number of hydrogen-bond donors (Lipinski definition) is 1. The molecule has 0 saturated heterocycles. The maximum atomic E-state index is 14.1. The lowest BCUT2D eigenvalue weighted by Crippen LogP contribution is -2.37. The number of unbranched alkanes of at least 4 members (excludes halogenated alkanes) is 2. The molecule has 0 heterocycles. The quantitative estimate of drug-likeness (QED) is 0.672. The summed E-state index contributed by atoms with van der Waals surface area (Å²) in [5, 5.41) is 0. The van der Waals surface area contributed by atoms with E-state index in [9.17, 15) is 4.39 Å². The highest BCUT2D eigenvalue weighted by atomic mass is 19.1. The summed E-state index contributed by atoms with van der Waals surface area (Å²) in [6.07, 6.45) is 7.40. The van der Waals surface area contributed by atoms with Gasteiger partial charge in [0, 0.05) is 6.04 Å². The lowest BCUT2D eigenvalue weighted by molar-refractivity contribution is 0.0831. The molecular formula is C11H22FN. The van der Waals surface area contributed by atoms with Crippen LogP contribution in [0, 0.1) is 0 Å². The SMILES string of the molecule is CCCCCC1(F)CCCC(N)C1. The third kappa shape index (κ3) is 3.63. The van der Waals surface area contributed by atoms with E-state index >= 15 is 0 Å². The highest BCUT2D eigenvalue weighted by molar-refractivity contribution is 4.88. The maximum absolute atomic E-state index is 14.1. The summed E-state index contributed by atoms with van der Waals surface area (Å²) in [7, 11) is 0. The third-order valence-corrected chi connectivity index (χ3v) is 3.06. The van der Waals surface area contributed by atoms with Gasteiger partial charge in [-0.1, -0.05) is 26.2 Å². The van der Waals surface area contributed by atoms with Gasteiger partial charge in [-0.15, -0.1) is 0 Å². The minimum Gasteiger partial charge on any atom is -0.328 e. The topological polar surface area (TPSA) is 26.0 Å². The Morgan fingerprint density at radius 3 is 2.85 bits per heavy atom. The van der Waals surface area contributed by atoms with Crippen molar-refractivity contribution in [2.24, 2.45) is 5.73 Å². The molecule has 2 unspecified atom stereocenters. The van der Waals surface area contributed by atoms with E-state index in [1.54, 1.807) is 0 Å². The van der Waals surface area contributed by atoms with Crippen LogP contribution in [0.3, 0.4) is 0 Å². The molecule has 78 valence electrons. The zero-order chi connectivity index (χ0) is 9.73. The molecule has 1 aliphatic rings. The van der Waals surface area contributed by atoms with Crippen LogP contribution in [0.1, 0.15) is 58.3 Å². The van der Waals surface area contributed by atoms with Crippen LogP contribution < -0.4 is 5.73 Å². The lowest BCUT2D eigenvalue weighted by atomic mass is 9.80. The second-order valence-electron chi connectivity index (χ2n) is 4.46. The van der Waals surface area contributed by atoms with E-state index in [2.05, 4.69) is 6.92 Å². The number of alkyl halides is 1. The first kappa shape index (κ1) is 11.0. The molecule has 1 fully saturated rings. The molecule has 1 aliphatic carbocycles. The van der Waals surface area contributed by atoms with Crippen molar-refractivity contribution in [1.82, 2.24) is 0 Å². The molecule has 0 spiro atoms. The van der Waals surface area contributed by atoms with E-state index in [4.69, 9.17) is 5.73 Å². The van der Waals surface area contributed by atoms with Crippen molar-refractivity contribution >= 4 is 0 Å². The van der Waals surface area contributed by atoms with Gasteiger partial charge in [0.05, 0.1) is 0 Å². The van der Waals surface area contributed by atoms with Gasteiger partial charge in [-0.2, -0.15) is 0 Å². The van der Waals surface area contributed by atoms with Gasteiger partial charge >= 0.3 is 0 Å². The summed E-state index contributed by atoms with van der Waals surface area (Å²) < 4.78 is 14.1. The second kappa shape index (κ2) is 4.94. The Labute approximate surface area is 80.9 Å². The van der Waals surface area contributed by atoms with E-state index in [0.717, 1.165) is 38.5 Å². The summed E-state index contributed by atoms with van der Waals surface area (Å²) in [4.78, 5) is 0. The van der Waals surface area contributed by atoms with Crippen molar-refractivity contribution in [3.8, 4) is 0 Å². The average molecular weight is 187 g/mol. The van der Waals surface area contributed by atoms with Crippen LogP contribution in [-0.4, -0.2) is 11.7 Å². The molecule has 0 amide bonds. The van der Waals surface area contributed by atoms with Crippen LogP contribution in [0.15, 0.2) is 0 Å². The van der Waals surface area contributed by atoms with Crippen molar-refractivity contribution in [3.63, 3.8) is 0 Å². The molecule has 0 aliphatic heterocycles. The van der Waals surface area contributed by atoms with Crippen molar-refractivity contribution in [1.29, 1.82) is 0 Å². The molecule has 0 aromatic rings. The molecular weight excluding hydrogens is 165 g/mol. The van der Waals surface area contributed by atoms with E-state index in [1.807, 2.05) is 0 Å². The van der Waals surface area contributed by atoms with E-state index < -0.39 is 5.67 Å². The predicted octanol–water partition coefficient (Wildman–Crippen LogP) is 3.18. The summed E-state index contributed by atoms with van der Waals surface area (Å²) in [6, 6.07) is 0.111. The Balaban J connectivity index is 2.27. The summed E-state index contributed by atoms with van der Waals surface area (Å²) >= 11 is 0. The van der Waals surface area contributed by atoms with Gasteiger partial charge in [0.2, 0.25) is 0 Å². The first-order valence-electron chi connectivity index (χ1n) is 5.61. The van der Waals surface area contributed by atoms with Crippen LogP contribution in [0.5, 0.6) is 0 Å². The number of nitrogens with two attached hydrogens (primary N) is 1. The molecule has 1 nitrogen and oxygen atoms in total. The Hall–Kier alpha value is -0.110. The van der Waals surface area contributed by atoms with Crippen molar-refractivity contribution < 1.29 is 4.39 Å². The van der Waals surface area contributed by atoms with Crippen LogP contribution >= 0.6 is 0 Å². The van der Waals surface area contributed by atoms with Gasteiger partial charge < -0.3 is 5.73 Å². The van der Waals surface area contributed by atoms with E-state index in [1.165, 1.54) is 6.42 Å². The first-order chi connectivity index (χ1) is 6.16. The number of hydrogen-bond acceptors (Lipinski definition) is 1. The van der Waals surface area contributed by atoms with E-state index in [0.29, 0.717) is 6.42 Å². The largest absolute Gasteiger partial charge is 0.328 e. The van der Waals surface area contributed by atoms with Gasteiger partial charge in [-0.3, -0.25) is 0 Å². The minimum atomic E-state index is -0.924. The molecule has 13 heavy (non-hydrogen) atoms. The van der Waals surface area contributed by atoms with Crippen LogP contribution in [0.2, 0.25) is 0 Å². The normalized spacial score (nSPS) is 34.8. The zero-order valence-corrected chi connectivity index (χ0v) is 8.69. The van der Waals surface area contributed by atoms with Crippen molar-refractivity contribution in [3.05, 3.63) is 0 Å². The average Bonchev–Trinajstić information content (AvgIpc) is 2.04. The Morgan fingerprint density at radius 2 is 2.23 bits per heavy atom. The van der Waals surface area contributed by atoms with Gasteiger partial charge in [0.1, 0.15) is 5.67 Å². The molecule has 0 bridgehead atoms. The van der Waals surface area contributed by atoms with Gasteiger partial charge in [-0.05, 0) is 32.1 Å². The van der Waals surface area contributed by atoms with Gasteiger partial charge in [0.15, 0.2) is 0 Å². The summed E-state index contributed by atoms with van der Waals surface area (Å²) in [6.45, 7) is 2.15. The molecule has 0 aromatic carbocycles. The second-order valence-corrected chi connectivity index (χ2v) is 4.46. The molecule has 0 radical (unpaired) electrons. The lowest BCUT2D eigenvalue weighted by Gasteiger charge is -2.33. The maximum Gasteiger partial charge on any atom is 0.112 e. The fourth-order valence-corrected chi connectivity index (χ4v) is 2.27. The highest BCUT2D eigenvalue weighted by Crippen LogP contribution is 2.35. The minimum absolute atomic E-state index is 0.111. The fourth-order valence-electron chi connectivity index (χ4n) is 2.27. The molecule has 1 saturated carbocycles. The first-order valence-corrected chi connectivity index (χ1v) is 5.61. The van der Waals surface area contributed by atoms with Crippen LogP contribution in [-0.2, 0) is 0 Å². The summed E-state index contributed by atoms with van der Waals surface area (Å²) in [5.41, 5.74) is 4.85. The standard InChI is InChI=1S/C11H22FN/c1-2-3-4-7-11(12)8-5-6-10(13)9-11/h10H,2-9,13H2,1H3. The third-order valence-electron chi connectivity index (χ3n) is 3.06. The zero-order valence-electron chi connectivity index (χ0n) is 8.69. The van der Waals surface area contributed by atoms with Crippen LogP contribution in [0.25, 0.3) is 0 Å². The number of rotatable bonds is 4. The monoisotopic (exact) mass is 187 g/mol. The fraction of sp³-hybridized carbons (Fsp3) is 1.00. The molecule has 2 atom stereocenters. The summed E-state index contributed by atoms with van der Waals surface area (Å²) in [5.74, 6) is 0. The van der Waals surface area contributed by atoms with Crippen molar-refractivity contribution in [2.45, 2.75) is 70.0 Å². The number of halogens is 1. The molecule has 1 rings (SSSR count). The van der Waals surface area contributed by atoms with Gasteiger partial charge in [0.25, 0.3) is 0 Å². The Kier molecular flexibility index (Phi) is 4.17. The van der Waals surface area contributed by atoms with Crippen LogP contribution in [0.4, 0.5) is 4.39 Å². The highest BCUT2D eigenvalue weighted by Gasteiger charge is 2.34.